The van der Waals surface area contributed by atoms with Crippen LogP contribution < -0.4 is 0 Å². The van der Waals surface area contributed by atoms with Gasteiger partial charge in [-0.1, -0.05) is 23.7 Å². The highest BCUT2D eigenvalue weighted by Crippen LogP contribution is 2.26. The Hall–Kier alpha value is -2.01. The average Bonchev–Trinajstić information content (AvgIpc) is 2.83. The Morgan fingerprint density at radius 3 is 2.60 bits per heavy atom. The van der Waals surface area contributed by atoms with Crippen molar-refractivity contribution in [3.63, 3.8) is 0 Å². The Labute approximate surface area is 120 Å². The first-order valence-electron chi connectivity index (χ1n) is 6.14. The largest absolute Gasteiger partial charge is 0.206 e. The van der Waals surface area contributed by atoms with Gasteiger partial charge < -0.3 is 0 Å². The smallest absolute Gasteiger partial charge is 0.188 e. The Balaban J connectivity index is 2.36. The second-order valence-electron chi connectivity index (χ2n) is 4.74. The van der Waals surface area contributed by atoms with Crippen LogP contribution in [-0.4, -0.2) is 19.8 Å². The van der Waals surface area contributed by atoms with E-state index < -0.39 is 0 Å². The second-order valence-corrected chi connectivity index (χ2v) is 5.09. The van der Waals surface area contributed by atoms with Gasteiger partial charge in [0.15, 0.2) is 16.6 Å². The van der Waals surface area contributed by atoms with E-state index in [1.165, 1.54) is 4.52 Å². The Morgan fingerprint density at radius 1 is 1.10 bits per heavy atom. The fourth-order valence-electron chi connectivity index (χ4n) is 2.08. The molecule has 0 fully saturated rings. The number of fused-ring (bicyclic) bond motifs is 1. The molecule has 0 spiro atoms. The Bertz CT molecular complexity index is 826. The minimum atomic E-state index is -0.321. The summed E-state index contributed by atoms with van der Waals surface area (Å²) in [6.07, 6.45) is 0. The number of halogens is 2. The third-order valence-corrected chi connectivity index (χ3v) is 3.83. The van der Waals surface area contributed by atoms with Gasteiger partial charge in [0.05, 0.1) is 5.56 Å². The molecular formula is C14H12ClFN4. The quantitative estimate of drug-likeness (QED) is 0.689. The van der Waals surface area contributed by atoms with Gasteiger partial charge in [-0.15, -0.1) is 10.2 Å². The van der Waals surface area contributed by atoms with Crippen LogP contribution in [0.15, 0.2) is 18.2 Å². The normalized spacial score (nSPS) is 11.2. The summed E-state index contributed by atoms with van der Waals surface area (Å²) < 4.78 is 15.7. The molecule has 3 rings (SSSR count). The van der Waals surface area contributed by atoms with Crippen molar-refractivity contribution >= 4 is 17.2 Å². The van der Waals surface area contributed by atoms with E-state index >= 15 is 0 Å². The fourth-order valence-corrected chi connectivity index (χ4v) is 2.30. The van der Waals surface area contributed by atoms with Crippen LogP contribution in [0.4, 0.5) is 4.39 Å². The van der Waals surface area contributed by atoms with Crippen molar-refractivity contribution in [3.8, 4) is 11.4 Å². The van der Waals surface area contributed by atoms with Crippen molar-refractivity contribution in [1.82, 2.24) is 19.8 Å². The third-order valence-electron chi connectivity index (χ3n) is 3.47. The summed E-state index contributed by atoms with van der Waals surface area (Å²) in [5, 5.41) is 12.8. The molecule has 1 aromatic carbocycles. The number of nitrogens with zero attached hydrogens (tertiary/aromatic N) is 4. The molecule has 20 heavy (non-hydrogen) atoms. The van der Waals surface area contributed by atoms with E-state index in [1.807, 2.05) is 13.8 Å². The van der Waals surface area contributed by atoms with Crippen LogP contribution in [0.1, 0.15) is 16.7 Å². The zero-order valence-electron chi connectivity index (χ0n) is 11.3. The topological polar surface area (TPSA) is 43.1 Å². The molecule has 0 aliphatic rings. The maximum absolute atomic E-state index is 14.2. The van der Waals surface area contributed by atoms with E-state index in [1.54, 1.807) is 25.1 Å². The van der Waals surface area contributed by atoms with Crippen molar-refractivity contribution in [2.45, 2.75) is 20.8 Å². The molecule has 2 heterocycles. The summed E-state index contributed by atoms with van der Waals surface area (Å²) in [7, 11) is 0. The van der Waals surface area contributed by atoms with Crippen molar-refractivity contribution < 1.29 is 4.39 Å². The molecular weight excluding hydrogens is 279 g/mol. The number of hydrogen-bond acceptors (Lipinski definition) is 3. The molecule has 0 saturated heterocycles. The summed E-state index contributed by atoms with van der Waals surface area (Å²) in [5.74, 6) is 0.0316. The zero-order chi connectivity index (χ0) is 14.4. The molecule has 0 aliphatic carbocycles. The van der Waals surface area contributed by atoms with Gasteiger partial charge in [-0.3, -0.25) is 0 Å². The molecule has 0 bridgehead atoms. The predicted molar refractivity (Wildman–Crippen MR) is 75.4 cm³/mol. The van der Waals surface area contributed by atoms with Crippen LogP contribution in [-0.2, 0) is 0 Å². The van der Waals surface area contributed by atoms with E-state index in [2.05, 4.69) is 15.3 Å². The fraction of sp³-hybridized carbons (Fsp3) is 0.214. The van der Waals surface area contributed by atoms with Crippen LogP contribution in [0, 0.1) is 26.6 Å². The molecule has 0 aliphatic heterocycles. The highest BCUT2D eigenvalue weighted by atomic mass is 35.5. The van der Waals surface area contributed by atoms with E-state index in [4.69, 9.17) is 11.6 Å². The first-order chi connectivity index (χ1) is 9.50. The average molecular weight is 291 g/mol. The summed E-state index contributed by atoms with van der Waals surface area (Å²) in [4.78, 5) is 0. The number of hydrogen-bond donors (Lipinski definition) is 0. The Morgan fingerprint density at radius 2 is 1.85 bits per heavy atom. The van der Waals surface area contributed by atoms with Crippen molar-refractivity contribution in [3.05, 3.63) is 45.9 Å². The van der Waals surface area contributed by atoms with Gasteiger partial charge in [0.2, 0.25) is 0 Å². The second kappa shape index (κ2) is 4.52. The summed E-state index contributed by atoms with van der Waals surface area (Å²) >= 11 is 6.10. The summed E-state index contributed by atoms with van der Waals surface area (Å²) in [6.45, 7) is 5.47. The number of aromatic nitrogens is 4. The third kappa shape index (κ3) is 1.78. The number of benzene rings is 1. The number of aryl methyl sites for hydroxylation is 2. The predicted octanol–water partition coefficient (Wildman–Crippen LogP) is 3.51. The lowest BCUT2D eigenvalue weighted by Gasteiger charge is -2.06. The van der Waals surface area contributed by atoms with Crippen molar-refractivity contribution in [1.29, 1.82) is 0 Å². The monoisotopic (exact) mass is 290 g/mol. The molecule has 3 aromatic rings. The zero-order valence-corrected chi connectivity index (χ0v) is 12.0. The molecule has 102 valence electrons. The van der Waals surface area contributed by atoms with Crippen molar-refractivity contribution in [2.75, 3.05) is 0 Å². The maximum atomic E-state index is 14.2. The van der Waals surface area contributed by atoms with Crippen molar-refractivity contribution in [2.24, 2.45) is 0 Å². The lowest BCUT2D eigenvalue weighted by molar-refractivity contribution is 0.620. The lowest BCUT2D eigenvalue weighted by Crippen LogP contribution is -2.01. The lowest BCUT2D eigenvalue weighted by atomic mass is 10.1. The van der Waals surface area contributed by atoms with E-state index in [9.17, 15) is 4.39 Å². The van der Waals surface area contributed by atoms with E-state index in [-0.39, 0.29) is 5.82 Å². The van der Waals surface area contributed by atoms with Gasteiger partial charge in [0.1, 0.15) is 5.82 Å². The van der Waals surface area contributed by atoms with Crippen LogP contribution in [0.25, 0.3) is 17.0 Å². The molecule has 0 atom stereocenters. The highest BCUT2D eigenvalue weighted by Gasteiger charge is 2.17. The van der Waals surface area contributed by atoms with Crippen LogP contribution in [0.2, 0.25) is 5.15 Å². The molecule has 2 aromatic heterocycles. The summed E-state index contributed by atoms with van der Waals surface area (Å²) in [5.41, 5.74) is 3.24. The molecule has 6 heteroatoms. The Kier molecular flexibility index (Phi) is 2.94. The van der Waals surface area contributed by atoms with E-state index in [0.29, 0.717) is 27.8 Å². The highest BCUT2D eigenvalue weighted by molar-refractivity contribution is 6.30. The van der Waals surface area contributed by atoms with Crippen LogP contribution >= 0.6 is 11.6 Å². The van der Waals surface area contributed by atoms with Crippen LogP contribution in [0.5, 0.6) is 0 Å². The molecule has 4 nitrogen and oxygen atoms in total. The van der Waals surface area contributed by atoms with Gasteiger partial charge in [-0.25, -0.2) is 4.39 Å². The van der Waals surface area contributed by atoms with Crippen LogP contribution in [0.3, 0.4) is 0 Å². The molecule has 0 N–H and O–H groups in total. The summed E-state index contributed by atoms with van der Waals surface area (Å²) in [6, 6.07) is 5.14. The van der Waals surface area contributed by atoms with Gasteiger partial charge in [-0.2, -0.15) is 9.61 Å². The van der Waals surface area contributed by atoms with Gasteiger partial charge in [0, 0.05) is 5.56 Å². The maximum Gasteiger partial charge on any atom is 0.188 e. The molecule has 0 saturated carbocycles. The SMILES string of the molecule is Cc1cccc(-c2nnc3c(C)c(C)c(Cl)nn23)c1F. The minimum absolute atomic E-state index is 0.321. The molecule has 0 unspecified atom stereocenters. The van der Waals surface area contributed by atoms with E-state index in [0.717, 1.165) is 11.1 Å². The standard InChI is InChI=1S/C14H12ClFN4/c1-7-5-4-6-10(11(7)16)14-18-17-13-9(3)8(2)12(15)19-20(13)14/h4-6H,1-3H3. The molecule has 0 radical (unpaired) electrons. The van der Waals surface area contributed by atoms with Gasteiger partial charge in [0.25, 0.3) is 0 Å². The first kappa shape index (κ1) is 13.0. The number of rotatable bonds is 1. The van der Waals surface area contributed by atoms with Gasteiger partial charge >= 0.3 is 0 Å². The van der Waals surface area contributed by atoms with Gasteiger partial charge in [-0.05, 0) is 38.0 Å². The minimum Gasteiger partial charge on any atom is -0.206 e. The molecule has 0 amide bonds. The first-order valence-corrected chi connectivity index (χ1v) is 6.52.